The van der Waals surface area contributed by atoms with E-state index < -0.39 is 31.1 Å². The molecule has 19 heavy (non-hydrogen) atoms. The van der Waals surface area contributed by atoms with E-state index in [4.69, 9.17) is 10.5 Å². The molecule has 0 unspecified atom stereocenters. The molecule has 0 aromatic heterocycles. The Morgan fingerprint density at radius 2 is 1.89 bits per heavy atom. The van der Waals surface area contributed by atoms with E-state index in [1.165, 1.54) is 24.3 Å². The summed E-state index contributed by atoms with van der Waals surface area (Å²) >= 11 is 0. The summed E-state index contributed by atoms with van der Waals surface area (Å²) in [6.07, 6.45) is -4.50. The highest BCUT2D eigenvalue weighted by Crippen LogP contribution is 2.18. The van der Waals surface area contributed by atoms with Crippen molar-refractivity contribution in [2.45, 2.75) is 6.18 Å². The van der Waals surface area contributed by atoms with Crippen LogP contribution in [-0.4, -0.2) is 31.1 Å². The lowest BCUT2D eigenvalue weighted by Crippen LogP contribution is -2.34. The number of carbonyl (C=O) groups is 2. The monoisotopic (exact) mass is 276 g/mol. The molecule has 1 rings (SSSR count). The first kappa shape index (κ1) is 14.8. The maximum Gasteiger partial charge on any atom is 0.405 e. The van der Waals surface area contributed by atoms with Crippen LogP contribution >= 0.6 is 0 Å². The summed E-state index contributed by atoms with van der Waals surface area (Å²) in [5, 5.41) is 1.71. The van der Waals surface area contributed by atoms with E-state index in [9.17, 15) is 22.8 Å². The van der Waals surface area contributed by atoms with Gasteiger partial charge in [0, 0.05) is 0 Å². The Labute approximate surface area is 106 Å². The fourth-order valence-electron chi connectivity index (χ4n) is 1.20. The smallest absolute Gasteiger partial charge is 0.405 e. The Balaban J connectivity index is 2.76. The van der Waals surface area contributed by atoms with Crippen LogP contribution in [-0.2, 0) is 4.79 Å². The van der Waals surface area contributed by atoms with Crippen molar-refractivity contribution in [2.24, 2.45) is 5.73 Å². The van der Waals surface area contributed by atoms with Gasteiger partial charge in [0.1, 0.15) is 12.3 Å². The molecule has 104 valence electrons. The summed E-state index contributed by atoms with van der Waals surface area (Å²) in [5.41, 5.74) is 4.77. The zero-order valence-electron chi connectivity index (χ0n) is 9.66. The molecule has 0 aliphatic heterocycles. The van der Waals surface area contributed by atoms with Crippen LogP contribution in [0.4, 0.5) is 13.2 Å². The first-order valence-electron chi connectivity index (χ1n) is 5.14. The third-order valence-corrected chi connectivity index (χ3v) is 1.95. The Bertz CT molecular complexity index is 474. The zero-order chi connectivity index (χ0) is 14.5. The summed E-state index contributed by atoms with van der Waals surface area (Å²) in [6.45, 7) is -1.92. The number of ether oxygens (including phenoxy) is 1. The number of primary amides is 1. The molecule has 0 heterocycles. The standard InChI is InChI=1S/C11H11F3N2O3/c12-11(13,14)6-16-10(18)7-3-1-2-4-8(7)19-5-9(15)17/h1-4H,5-6H2,(H2,15,17)(H,16,18). The summed E-state index contributed by atoms with van der Waals surface area (Å²) in [6, 6.07) is 5.60. The molecule has 5 nitrogen and oxygen atoms in total. The van der Waals surface area contributed by atoms with Crippen LogP contribution in [0.5, 0.6) is 5.75 Å². The van der Waals surface area contributed by atoms with Gasteiger partial charge in [0.05, 0.1) is 5.56 Å². The minimum Gasteiger partial charge on any atom is -0.483 e. The van der Waals surface area contributed by atoms with Crippen LogP contribution in [0.1, 0.15) is 10.4 Å². The first-order valence-corrected chi connectivity index (χ1v) is 5.14. The number of nitrogens with one attached hydrogen (secondary N) is 1. The van der Waals surface area contributed by atoms with Crippen LogP contribution < -0.4 is 15.8 Å². The second kappa shape index (κ2) is 6.07. The van der Waals surface area contributed by atoms with Gasteiger partial charge < -0.3 is 15.8 Å². The van der Waals surface area contributed by atoms with Crippen molar-refractivity contribution in [1.29, 1.82) is 0 Å². The minimum atomic E-state index is -4.50. The number of rotatable bonds is 5. The molecule has 1 aromatic carbocycles. The molecule has 8 heteroatoms. The normalized spacial score (nSPS) is 10.9. The largest absolute Gasteiger partial charge is 0.483 e. The third kappa shape index (κ3) is 5.28. The third-order valence-electron chi connectivity index (χ3n) is 1.95. The second-order valence-electron chi connectivity index (χ2n) is 3.55. The van der Waals surface area contributed by atoms with Crippen molar-refractivity contribution in [1.82, 2.24) is 5.32 Å². The van der Waals surface area contributed by atoms with Crippen molar-refractivity contribution in [2.75, 3.05) is 13.2 Å². The predicted molar refractivity (Wildman–Crippen MR) is 59.5 cm³/mol. The van der Waals surface area contributed by atoms with Gasteiger partial charge in [-0.25, -0.2) is 0 Å². The summed E-state index contributed by atoms with van der Waals surface area (Å²) < 4.78 is 40.9. The van der Waals surface area contributed by atoms with Gasteiger partial charge in [-0.3, -0.25) is 9.59 Å². The lowest BCUT2D eigenvalue weighted by Gasteiger charge is -2.11. The lowest BCUT2D eigenvalue weighted by molar-refractivity contribution is -0.123. The van der Waals surface area contributed by atoms with Gasteiger partial charge in [0.2, 0.25) is 0 Å². The van der Waals surface area contributed by atoms with Crippen molar-refractivity contribution in [3.63, 3.8) is 0 Å². The number of para-hydroxylation sites is 1. The molecular formula is C11H11F3N2O3. The van der Waals surface area contributed by atoms with E-state index >= 15 is 0 Å². The van der Waals surface area contributed by atoms with Crippen LogP contribution in [0, 0.1) is 0 Å². The highest BCUT2D eigenvalue weighted by Gasteiger charge is 2.28. The molecule has 0 atom stereocenters. The minimum absolute atomic E-state index is 0.0130. The van der Waals surface area contributed by atoms with E-state index in [1.807, 2.05) is 0 Å². The van der Waals surface area contributed by atoms with Gasteiger partial charge in [-0.2, -0.15) is 13.2 Å². The molecule has 0 saturated heterocycles. The number of hydrogen-bond donors (Lipinski definition) is 2. The predicted octanol–water partition coefficient (Wildman–Crippen LogP) is 0.843. The maximum atomic E-state index is 12.0. The molecule has 2 amide bonds. The van der Waals surface area contributed by atoms with Gasteiger partial charge in [-0.1, -0.05) is 12.1 Å². The highest BCUT2D eigenvalue weighted by molar-refractivity contribution is 5.97. The van der Waals surface area contributed by atoms with E-state index in [2.05, 4.69) is 0 Å². The molecule has 0 aliphatic rings. The highest BCUT2D eigenvalue weighted by atomic mass is 19.4. The topological polar surface area (TPSA) is 81.4 Å². The summed E-state index contributed by atoms with van der Waals surface area (Å²) in [7, 11) is 0. The van der Waals surface area contributed by atoms with E-state index in [0.717, 1.165) is 0 Å². The molecule has 0 bridgehead atoms. The molecule has 0 fully saturated rings. The number of benzene rings is 1. The van der Waals surface area contributed by atoms with Gasteiger partial charge in [0.15, 0.2) is 6.61 Å². The van der Waals surface area contributed by atoms with Crippen molar-refractivity contribution < 1.29 is 27.5 Å². The average Bonchev–Trinajstić information content (AvgIpc) is 2.33. The van der Waals surface area contributed by atoms with Gasteiger partial charge in [-0.15, -0.1) is 0 Å². The number of halogens is 3. The van der Waals surface area contributed by atoms with Crippen LogP contribution in [0.15, 0.2) is 24.3 Å². The summed E-state index contributed by atoms with van der Waals surface area (Å²) in [4.78, 5) is 22.1. The number of nitrogens with two attached hydrogens (primary N) is 1. The van der Waals surface area contributed by atoms with E-state index in [0.29, 0.717) is 0 Å². The second-order valence-corrected chi connectivity index (χ2v) is 3.55. The fourth-order valence-corrected chi connectivity index (χ4v) is 1.20. The molecule has 3 N–H and O–H groups in total. The quantitative estimate of drug-likeness (QED) is 0.836. The SMILES string of the molecule is NC(=O)COc1ccccc1C(=O)NCC(F)(F)F. The van der Waals surface area contributed by atoms with Crippen molar-refractivity contribution in [3.8, 4) is 5.75 Å². The number of amides is 2. The Morgan fingerprint density at radius 3 is 2.47 bits per heavy atom. The lowest BCUT2D eigenvalue weighted by atomic mass is 10.2. The first-order chi connectivity index (χ1) is 8.79. The molecule has 0 aliphatic carbocycles. The summed E-state index contributed by atoms with van der Waals surface area (Å²) in [5.74, 6) is -1.72. The fraction of sp³-hybridized carbons (Fsp3) is 0.273. The Kier molecular flexibility index (Phi) is 4.74. The number of carbonyl (C=O) groups excluding carboxylic acids is 2. The maximum absolute atomic E-state index is 12.0. The van der Waals surface area contributed by atoms with E-state index in [1.54, 1.807) is 5.32 Å². The number of alkyl halides is 3. The molecule has 0 spiro atoms. The van der Waals surface area contributed by atoms with Crippen LogP contribution in [0.3, 0.4) is 0 Å². The van der Waals surface area contributed by atoms with E-state index in [-0.39, 0.29) is 11.3 Å². The zero-order valence-corrected chi connectivity index (χ0v) is 9.66. The number of hydrogen-bond acceptors (Lipinski definition) is 3. The average molecular weight is 276 g/mol. The van der Waals surface area contributed by atoms with Gasteiger partial charge >= 0.3 is 6.18 Å². The van der Waals surface area contributed by atoms with Crippen molar-refractivity contribution >= 4 is 11.8 Å². The van der Waals surface area contributed by atoms with Crippen LogP contribution in [0.2, 0.25) is 0 Å². The molecule has 0 saturated carbocycles. The Morgan fingerprint density at radius 1 is 1.26 bits per heavy atom. The van der Waals surface area contributed by atoms with Crippen LogP contribution in [0.25, 0.3) is 0 Å². The molecule has 0 radical (unpaired) electrons. The van der Waals surface area contributed by atoms with Crippen molar-refractivity contribution in [3.05, 3.63) is 29.8 Å². The molecular weight excluding hydrogens is 265 g/mol. The Hall–Kier alpha value is -2.25. The molecule has 1 aromatic rings. The van der Waals surface area contributed by atoms with Gasteiger partial charge in [0.25, 0.3) is 11.8 Å². The van der Waals surface area contributed by atoms with Gasteiger partial charge in [-0.05, 0) is 12.1 Å².